The molecule has 4 heteroatoms. The molecule has 47 heavy (non-hydrogen) atoms. The number of hydrogen-bond donors (Lipinski definition) is 0. The fourth-order valence-electron chi connectivity index (χ4n) is 6.22. The molecule has 6 rings (SSSR count). The van der Waals surface area contributed by atoms with Gasteiger partial charge in [-0.1, -0.05) is 109 Å². The van der Waals surface area contributed by atoms with Crippen LogP contribution in [-0.2, 0) is 0 Å². The maximum absolute atomic E-state index is 2.46. The lowest BCUT2D eigenvalue weighted by atomic mass is 10.1. The van der Waals surface area contributed by atoms with Crippen LogP contribution in [0, 0.1) is 41.5 Å². The lowest BCUT2D eigenvalue weighted by Crippen LogP contribution is -3.00. The Bertz CT molecular complexity index is 1810. The number of halogens is 1. The van der Waals surface area contributed by atoms with Crippen molar-refractivity contribution in [3.05, 3.63) is 179 Å². The largest absolute Gasteiger partial charge is 1.00 e. The average molecular weight is 620 g/mol. The first-order chi connectivity index (χ1) is 22.4. The van der Waals surface area contributed by atoms with Crippen molar-refractivity contribution in [2.75, 3.05) is 9.80 Å². The number of rotatable bonds is 6. The maximum Gasteiger partial charge on any atom is 0.380 e. The Morgan fingerprint density at radius 3 is 0.830 bits per heavy atom. The zero-order valence-corrected chi connectivity index (χ0v) is 28.1. The van der Waals surface area contributed by atoms with Gasteiger partial charge in [0, 0.05) is 0 Å². The van der Waals surface area contributed by atoms with Gasteiger partial charge < -0.3 is 4.70 Å². The van der Waals surface area contributed by atoms with Crippen LogP contribution in [0.2, 0.25) is 0 Å². The third-order valence-electron chi connectivity index (χ3n) is 8.74. The minimum Gasteiger partial charge on any atom is -1.00 e. The van der Waals surface area contributed by atoms with Gasteiger partial charge >= 0.3 is 5.96 Å². The molecule has 3 nitrogen and oxygen atoms in total. The Balaban J connectivity index is 0.00000433. The first-order valence-corrected chi connectivity index (χ1v) is 16.0. The summed E-state index contributed by atoms with van der Waals surface area (Å²) >= 11 is 0. The van der Waals surface area contributed by atoms with E-state index in [0.717, 1.165) is 40.1 Å². The van der Waals surface area contributed by atoms with Crippen LogP contribution in [0.3, 0.4) is 0 Å². The average Bonchev–Trinajstić information content (AvgIpc) is 3.06. The monoisotopic (exact) mass is 619 g/mol. The van der Waals surface area contributed by atoms with E-state index in [1.54, 1.807) is 0 Å². The number of hydrogen-bond acceptors (Lipinski definition) is 0. The molecule has 0 N–H and O–H groups in total. The lowest BCUT2D eigenvalue weighted by molar-refractivity contribution is -0.00000935. The second kappa shape index (κ2) is 14.3. The van der Waals surface area contributed by atoms with Gasteiger partial charge in [0.1, 0.15) is 34.1 Å². The summed E-state index contributed by atoms with van der Waals surface area (Å²) in [6, 6.07) is 52.2. The molecule has 0 saturated carbocycles. The Hall–Kier alpha value is -5.48. The zero-order valence-electron chi connectivity index (χ0n) is 28.1. The standard InChI is InChI=1S/C43H42N3.FH/c1-31-19-7-13-25-37(31)44(38-26-14-8-20-32(38)2)43(45(39-27-15-9-21-33(39)3)40-28-16-10-22-34(40)4)46(41-29-17-11-23-35(41)5)42-30-18-12-24-36(42)6;/h7-30H,1-6H3;1H/q+1;/p-1. The Morgan fingerprint density at radius 1 is 0.340 bits per heavy atom. The van der Waals surface area contributed by atoms with Gasteiger partial charge in [0.2, 0.25) is 0 Å². The smallest absolute Gasteiger partial charge is 0.380 e. The molecule has 0 saturated heterocycles. The molecule has 0 amide bonds. The van der Waals surface area contributed by atoms with Crippen LogP contribution in [0.15, 0.2) is 146 Å². The predicted molar refractivity (Wildman–Crippen MR) is 198 cm³/mol. The van der Waals surface area contributed by atoms with E-state index in [9.17, 15) is 0 Å². The molecule has 0 aliphatic rings. The Kier molecular flexibility index (Phi) is 10.0. The summed E-state index contributed by atoms with van der Waals surface area (Å²) in [6.45, 7) is 13.2. The molecular weight excluding hydrogens is 577 g/mol. The molecule has 0 bridgehead atoms. The molecule has 0 atom stereocenters. The summed E-state index contributed by atoms with van der Waals surface area (Å²) in [4.78, 5) is 4.92. The van der Waals surface area contributed by atoms with E-state index in [1.165, 1.54) is 33.4 Å². The van der Waals surface area contributed by atoms with Gasteiger partial charge in [0.25, 0.3) is 0 Å². The summed E-state index contributed by atoms with van der Waals surface area (Å²) < 4.78 is 2.46. The molecule has 0 heterocycles. The van der Waals surface area contributed by atoms with Crippen molar-refractivity contribution in [3.8, 4) is 0 Å². The summed E-state index contributed by atoms with van der Waals surface area (Å²) in [5.74, 6) is 0.996. The van der Waals surface area contributed by atoms with Crippen molar-refractivity contribution in [3.63, 3.8) is 0 Å². The second-order valence-electron chi connectivity index (χ2n) is 12.0. The van der Waals surface area contributed by atoms with E-state index in [0.29, 0.717) is 0 Å². The predicted octanol–water partition coefficient (Wildman–Crippen LogP) is 8.41. The highest BCUT2D eigenvalue weighted by Gasteiger charge is 2.39. The highest BCUT2D eigenvalue weighted by atomic mass is 19.0. The zero-order chi connectivity index (χ0) is 32.2. The third-order valence-corrected chi connectivity index (χ3v) is 8.74. The number of aryl methyl sites for hydroxylation is 6. The second-order valence-corrected chi connectivity index (χ2v) is 12.0. The molecule has 0 aliphatic heterocycles. The van der Waals surface area contributed by atoms with Crippen LogP contribution >= 0.6 is 0 Å². The summed E-state index contributed by atoms with van der Waals surface area (Å²) in [6.07, 6.45) is 0. The lowest BCUT2D eigenvalue weighted by Gasteiger charge is -2.33. The fourth-order valence-corrected chi connectivity index (χ4v) is 6.22. The third kappa shape index (κ3) is 6.45. The van der Waals surface area contributed by atoms with Gasteiger partial charge in [-0.05, 0) is 111 Å². The van der Waals surface area contributed by atoms with Gasteiger partial charge in [-0.3, -0.25) is 0 Å². The van der Waals surface area contributed by atoms with Gasteiger partial charge in [-0.2, -0.15) is 14.4 Å². The van der Waals surface area contributed by atoms with E-state index < -0.39 is 0 Å². The van der Waals surface area contributed by atoms with Crippen LogP contribution in [0.25, 0.3) is 0 Å². The van der Waals surface area contributed by atoms with Gasteiger partial charge in [0.05, 0.1) is 0 Å². The highest BCUT2D eigenvalue weighted by Crippen LogP contribution is 2.40. The molecular formula is C43H42FN3. The fraction of sp³-hybridized carbons (Fsp3) is 0.140. The molecule has 6 aromatic rings. The molecule has 6 aromatic carbocycles. The molecule has 0 radical (unpaired) electrons. The van der Waals surface area contributed by atoms with Crippen molar-refractivity contribution in [1.82, 2.24) is 4.58 Å². The van der Waals surface area contributed by atoms with Crippen molar-refractivity contribution in [2.45, 2.75) is 41.5 Å². The summed E-state index contributed by atoms with van der Waals surface area (Å²) in [5, 5.41) is 0. The van der Waals surface area contributed by atoms with Crippen molar-refractivity contribution in [2.24, 2.45) is 0 Å². The highest BCUT2D eigenvalue weighted by molar-refractivity contribution is 6.18. The number of anilines is 4. The van der Waals surface area contributed by atoms with Crippen LogP contribution in [0.4, 0.5) is 34.1 Å². The molecule has 0 unspecified atom stereocenters. The van der Waals surface area contributed by atoms with Gasteiger partial charge in [-0.25, -0.2) is 0 Å². The normalized spacial score (nSPS) is 10.6. The molecule has 0 fully saturated rings. The number of nitrogens with zero attached hydrogens (tertiary/aromatic N) is 3. The van der Waals surface area contributed by atoms with Gasteiger partial charge in [0.15, 0.2) is 0 Å². The van der Waals surface area contributed by atoms with Crippen molar-refractivity contribution >= 4 is 40.1 Å². The maximum atomic E-state index is 2.46. The summed E-state index contributed by atoms with van der Waals surface area (Å²) in [7, 11) is 0. The van der Waals surface area contributed by atoms with Crippen molar-refractivity contribution in [1.29, 1.82) is 0 Å². The number of benzene rings is 6. The van der Waals surface area contributed by atoms with E-state index in [-0.39, 0.29) is 4.70 Å². The van der Waals surface area contributed by atoms with Crippen LogP contribution < -0.4 is 19.1 Å². The number of guanidine groups is 1. The van der Waals surface area contributed by atoms with Crippen molar-refractivity contribution < 1.29 is 4.70 Å². The Morgan fingerprint density at radius 2 is 0.574 bits per heavy atom. The number of para-hydroxylation sites is 6. The van der Waals surface area contributed by atoms with E-state index in [4.69, 9.17) is 0 Å². The summed E-state index contributed by atoms with van der Waals surface area (Å²) in [5.41, 5.74) is 13.8. The molecule has 0 spiro atoms. The Labute approximate surface area is 279 Å². The van der Waals surface area contributed by atoms with Crippen LogP contribution in [0.1, 0.15) is 33.4 Å². The minimum atomic E-state index is 0. The SMILES string of the molecule is Cc1ccccc1N(C(N(c1ccccc1C)c1ccccc1C)=[N+](c1ccccc1C)c1ccccc1C)c1ccccc1C.[F-]. The van der Waals surface area contributed by atoms with Crippen LogP contribution in [0.5, 0.6) is 0 Å². The molecule has 236 valence electrons. The van der Waals surface area contributed by atoms with Gasteiger partial charge in [-0.15, -0.1) is 0 Å². The molecule has 0 aliphatic carbocycles. The quantitative estimate of drug-likeness (QED) is 0.105. The van der Waals surface area contributed by atoms with E-state index in [2.05, 4.69) is 202 Å². The molecule has 0 aromatic heterocycles. The van der Waals surface area contributed by atoms with Crippen LogP contribution in [-0.4, -0.2) is 5.96 Å². The first-order valence-electron chi connectivity index (χ1n) is 16.0. The minimum absolute atomic E-state index is 0. The van der Waals surface area contributed by atoms with E-state index in [1.807, 2.05) is 0 Å². The van der Waals surface area contributed by atoms with E-state index >= 15 is 0 Å². The topological polar surface area (TPSA) is 9.49 Å². The first kappa shape index (κ1) is 32.9.